The third kappa shape index (κ3) is 4.09. The van der Waals surface area contributed by atoms with Gasteiger partial charge in [0.1, 0.15) is 0 Å². The fourth-order valence-corrected chi connectivity index (χ4v) is 5.41. The maximum absolute atomic E-state index is 13.4. The number of likely N-dealkylation sites (tertiary alicyclic amines) is 1. The number of piperidine rings is 1. The van der Waals surface area contributed by atoms with E-state index in [1.54, 1.807) is 0 Å². The van der Waals surface area contributed by atoms with Gasteiger partial charge in [-0.05, 0) is 79.0 Å². The van der Waals surface area contributed by atoms with Crippen molar-refractivity contribution in [3.8, 4) is 0 Å². The van der Waals surface area contributed by atoms with Gasteiger partial charge in [0, 0.05) is 6.61 Å². The van der Waals surface area contributed by atoms with Crippen molar-refractivity contribution in [3.05, 3.63) is 51.1 Å². The molecule has 3 aromatic rings. The van der Waals surface area contributed by atoms with Gasteiger partial charge in [0.2, 0.25) is 5.82 Å². The molecule has 2 fully saturated rings. The van der Waals surface area contributed by atoms with Crippen molar-refractivity contribution < 1.29 is 9.64 Å². The minimum atomic E-state index is -0.201. The van der Waals surface area contributed by atoms with Crippen molar-refractivity contribution in [2.24, 2.45) is 5.92 Å². The van der Waals surface area contributed by atoms with E-state index in [9.17, 15) is 4.79 Å². The smallest absolute Gasteiger partial charge is 0.258 e. The van der Waals surface area contributed by atoms with Crippen molar-refractivity contribution in [2.75, 3.05) is 19.7 Å². The second-order valence-corrected chi connectivity index (χ2v) is 9.73. The lowest BCUT2D eigenvalue weighted by Gasteiger charge is -2.33. The molecule has 0 saturated carbocycles. The Balaban J connectivity index is 1.61. The standard InChI is InChI=1S/C24H32N6O2/c1-15-6-8-29(9-7-15)22(23-26-27-28-30(23)14-19-5-4-10-32-19)20-13-18-12-16(2)11-17(3)21(18)25-24(20)31/h11-13,15,19,22H,4-10,14H2,1-3H3,(H,25,31)/p+1/t19-,22-/m0/s1. The van der Waals surface area contributed by atoms with Gasteiger partial charge < -0.3 is 14.6 Å². The molecule has 0 aliphatic carbocycles. The lowest BCUT2D eigenvalue weighted by molar-refractivity contribution is -0.932. The summed E-state index contributed by atoms with van der Waals surface area (Å²) >= 11 is 0. The molecule has 2 saturated heterocycles. The van der Waals surface area contributed by atoms with E-state index in [2.05, 4.69) is 52.6 Å². The summed E-state index contributed by atoms with van der Waals surface area (Å²) in [6, 6.07) is 6.11. The number of nitrogens with one attached hydrogen (secondary N) is 2. The van der Waals surface area contributed by atoms with Gasteiger partial charge in [-0.25, -0.2) is 4.68 Å². The van der Waals surface area contributed by atoms with Crippen molar-refractivity contribution >= 4 is 10.9 Å². The molecule has 8 nitrogen and oxygen atoms in total. The summed E-state index contributed by atoms with van der Waals surface area (Å²) in [5.74, 6) is 1.47. The van der Waals surface area contributed by atoms with E-state index < -0.39 is 0 Å². The highest BCUT2D eigenvalue weighted by atomic mass is 16.5. The molecule has 2 N–H and O–H groups in total. The number of benzene rings is 1. The van der Waals surface area contributed by atoms with Crippen LogP contribution in [0.3, 0.4) is 0 Å². The van der Waals surface area contributed by atoms with E-state index in [-0.39, 0.29) is 17.7 Å². The molecule has 32 heavy (non-hydrogen) atoms. The van der Waals surface area contributed by atoms with Gasteiger partial charge in [0.15, 0.2) is 6.04 Å². The molecule has 0 amide bonds. The van der Waals surface area contributed by atoms with Crippen LogP contribution in [-0.4, -0.2) is 51.0 Å². The third-order valence-electron chi connectivity index (χ3n) is 7.18. The van der Waals surface area contributed by atoms with Gasteiger partial charge in [-0.3, -0.25) is 4.79 Å². The van der Waals surface area contributed by atoms with Gasteiger partial charge in [-0.2, -0.15) is 0 Å². The first-order valence-corrected chi connectivity index (χ1v) is 11.9. The summed E-state index contributed by atoms with van der Waals surface area (Å²) in [6.07, 6.45) is 4.51. The van der Waals surface area contributed by atoms with Crippen LogP contribution in [0.4, 0.5) is 0 Å². The lowest BCUT2D eigenvalue weighted by atomic mass is 9.95. The Morgan fingerprint density at radius 1 is 1.22 bits per heavy atom. The fraction of sp³-hybridized carbons (Fsp3) is 0.583. The van der Waals surface area contributed by atoms with Crippen LogP contribution in [0.5, 0.6) is 0 Å². The third-order valence-corrected chi connectivity index (χ3v) is 7.18. The molecule has 1 aromatic carbocycles. The topological polar surface area (TPSA) is 90.1 Å². The Kier molecular flexibility index (Phi) is 5.82. The summed E-state index contributed by atoms with van der Waals surface area (Å²) in [6.45, 7) is 9.87. The number of hydrogen-bond donors (Lipinski definition) is 2. The molecule has 2 atom stereocenters. The molecule has 2 aliphatic heterocycles. The van der Waals surface area contributed by atoms with Gasteiger partial charge in [-0.15, -0.1) is 5.10 Å². The van der Waals surface area contributed by atoms with Crippen LogP contribution < -0.4 is 10.5 Å². The molecule has 170 valence electrons. The molecule has 0 spiro atoms. The highest BCUT2D eigenvalue weighted by molar-refractivity contribution is 5.83. The summed E-state index contributed by atoms with van der Waals surface area (Å²) in [5, 5.41) is 13.8. The van der Waals surface area contributed by atoms with Crippen LogP contribution in [0.1, 0.15) is 61.2 Å². The van der Waals surface area contributed by atoms with Crippen LogP contribution >= 0.6 is 0 Å². The maximum atomic E-state index is 13.4. The minimum Gasteiger partial charge on any atom is -0.376 e. The Labute approximate surface area is 188 Å². The van der Waals surface area contributed by atoms with Crippen LogP contribution in [0.25, 0.3) is 10.9 Å². The number of aryl methyl sites for hydroxylation is 2. The van der Waals surface area contributed by atoms with Crippen LogP contribution in [0.2, 0.25) is 0 Å². The van der Waals surface area contributed by atoms with E-state index in [0.717, 1.165) is 73.2 Å². The highest BCUT2D eigenvalue weighted by Crippen LogP contribution is 2.23. The van der Waals surface area contributed by atoms with E-state index in [4.69, 9.17) is 4.74 Å². The van der Waals surface area contributed by atoms with Crippen molar-refractivity contribution in [3.63, 3.8) is 0 Å². The SMILES string of the molecule is Cc1cc(C)c2[nH]c(=O)c([C@@H](c3nnnn3C[C@@H]3CCCO3)[NH+]3CCC(C)CC3)cc2c1. The Morgan fingerprint density at radius 3 is 2.78 bits per heavy atom. The van der Waals surface area contributed by atoms with E-state index in [1.807, 2.05) is 11.6 Å². The first-order valence-electron chi connectivity index (χ1n) is 11.9. The van der Waals surface area contributed by atoms with Gasteiger partial charge in [0.05, 0.1) is 36.8 Å². The molecular formula is C24H33N6O2+. The van der Waals surface area contributed by atoms with Crippen molar-refractivity contribution in [1.29, 1.82) is 0 Å². The normalized spacial score (nSPS) is 24.8. The number of nitrogens with zero attached hydrogens (tertiary/aromatic N) is 4. The number of quaternary nitrogens is 1. The highest BCUT2D eigenvalue weighted by Gasteiger charge is 2.36. The molecule has 0 bridgehead atoms. The average molecular weight is 438 g/mol. The zero-order valence-corrected chi connectivity index (χ0v) is 19.2. The zero-order chi connectivity index (χ0) is 22.2. The Morgan fingerprint density at radius 2 is 2.03 bits per heavy atom. The minimum absolute atomic E-state index is 0.0489. The number of aromatic amines is 1. The summed E-state index contributed by atoms with van der Waals surface area (Å²) in [4.78, 5) is 17.9. The lowest BCUT2D eigenvalue weighted by Crippen LogP contribution is -3.13. The second-order valence-electron chi connectivity index (χ2n) is 9.73. The summed E-state index contributed by atoms with van der Waals surface area (Å²) < 4.78 is 7.71. The Bertz CT molecular complexity index is 1150. The molecule has 2 aliphatic rings. The molecule has 0 unspecified atom stereocenters. The molecule has 0 radical (unpaired) electrons. The monoisotopic (exact) mass is 437 g/mol. The van der Waals surface area contributed by atoms with Crippen molar-refractivity contribution in [1.82, 2.24) is 25.2 Å². The van der Waals surface area contributed by atoms with E-state index in [1.165, 1.54) is 10.5 Å². The molecular weight excluding hydrogens is 404 g/mol. The van der Waals surface area contributed by atoms with Crippen LogP contribution in [-0.2, 0) is 11.3 Å². The van der Waals surface area contributed by atoms with Gasteiger partial charge in [-0.1, -0.05) is 18.6 Å². The molecule has 4 heterocycles. The zero-order valence-electron chi connectivity index (χ0n) is 19.2. The molecule has 5 rings (SSSR count). The number of fused-ring (bicyclic) bond motifs is 1. The first kappa shape index (κ1) is 21.3. The number of aromatic nitrogens is 5. The van der Waals surface area contributed by atoms with E-state index >= 15 is 0 Å². The predicted molar refractivity (Wildman–Crippen MR) is 122 cm³/mol. The first-order chi connectivity index (χ1) is 15.5. The van der Waals surface area contributed by atoms with Gasteiger partial charge >= 0.3 is 0 Å². The number of pyridine rings is 1. The number of rotatable bonds is 5. The largest absolute Gasteiger partial charge is 0.376 e. The number of ether oxygens (including phenoxy) is 1. The van der Waals surface area contributed by atoms with Crippen LogP contribution in [0.15, 0.2) is 23.0 Å². The predicted octanol–water partition coefficient (Wildman–Crippen LogP) is 1.71. The maximum Gasteiger partial charge on any atom is 0.258 e. The van der Waals surface area contributed by atoms with Gasteiger partial charge in [0.25, 0.3) is 5.56 Å². The van der Waals surface area contributed by atoms with Crippen molar-refractivity contribution in [2.45, 2.75) is 65.1 Å². The Hall–Kier alpha value is -2.58. The summed E-state index contributed by atoms with van der Waals surface area (Å²) in [7, 11) is 0. The molecule has 8 heteroatoms. The van der Waals surface area contributed by atoms with E-state index in [0.29, 0.717) is 12.5 Å². The quantitative estimate of drug-likeness (QED) is 0.634. The molecule has 2 aromatic heterocycles. The number of hydrogen-bond acceptors (Lipinski definition) is 5. The summed E-state index contributed by atoms with van der Waals surface area (Å²) in [5.41, 5.74) is 3.88. The average Bonchev–Trinajstić information content (AvgIpc) is 3.44. The number of H-pyrrole nitrogens is 1. The van der Waals surface area contributed by atoms with Crippen LogP contribution in [0, 0.1) is 19.8 Å². The number of tetrazole rings is 1. The fourth-order valence-electron chi connectivity index (χ4n) is 5.41. The second kappa shape index (κ2) is 8.75.